The minimum Gasteiger partial charge on any atom is -0.325 e. The summed E-state index contributed by atoms with van der Waals surface area (Å²) in [6.45, 7) is 3.06. The van der Waals surface area contributed by atoms with Crippen LogP contribution in [-0.4, -0.2) is 34.8 Å². The van der Waals surface area contributed by atoms with Gasteiger partial charge in [0.15, 0.2) is 0 Å². The Morgan fingerprint density at radius 3 is 1.46 bits per heavy atom. The molecule has 2 rings (SSSR count). The van der Waals surface area contributed by atoms with Crippen LogP contribution in [0.5, 0.6) is 0 Å². The highest BCUT2D eigenvalue weighted by Crippen LogP contribution is 2.32. The first kappa shape index (κ1) is 23.1. The fourth-order valence-electron chi connectivity index (χ4n) is 2.26. The second-order valence-corrected chi connectivity index (χ2v) is 10.7. The Morgan fingerprint density at radius 1 is 0.679 bits per heavy atom. The van der Waals surface area contributed by atoms with Crippen LogP contribution < -0.4 is 10.6 Å². The summed E-state index contributed by atoms with van der Waals surface area (Å²) in [6.07, 6.45) is 0. The molecule has 8 heteroatoms. The minimum absolute atomic E-state index is 0.0458. The largest absolute Gasteiger partial charge is 0.325 e. The van der Waals surface area contributed by atoms with Gasteiger partial charge in [0, 0.05) is 46.6 Å². The topological polar surface area (TPSA) is 58.2 Å². The van der Waals surface area contributed by atoms with Crippen LogP contribution >= 0.6 is 45.1 Å². The van der Waals surface area contributed by atoms with Crippen LogP contribution in [0.3, 0.4) is 0 Å². The summed E-state index contributed by atoms with van der Waals surface area (Å²) in [5.41, 5.74) is 1.76. The molecule has 2 N–H and O–H groups in total. The minimum atomic E-state index is -0.0458. The summed E-state index contributed by atoms with van der Waals surface area (Å²) >= 11 is 3.53. The zero-order chi connectivity index (χ0) is 20.2. The molecule has 0 aliphatic carbocycles. The molecule has 0 aliphatic heterocycles. The third kappa shape index (κ3) is 8.86. The van der Waals surface area contributed by atoms with E-state index in [0.29, 0.717) is 0 Å². The number of carbonyl (C=O) groups is 2. The number of hydrogen-bond acceptors (Lipinski definition) is 6. The van der Waals surface area contributed by atoms with E-state index >= 15 is 0 Å². The number of rotatable bonds is 11. The Labute approximate surface area is 183 Å². The summed E-state index contributed by atoms with van der Waals surface area (Å²) in [5.74, 6) is 3.97. The summed E-state index contributed by atoms with van der Waals surface area (Å²) in [5, 5.41) is 5.75. The molecule has 0 spiro atoms. The van der Waals surface area contributed by atoms with Crippen LogP contribution in [0, 0.1) is 0 Å². The average Bonchev–Trinajstić information content (AvgIpc) is 2.65. The second-order valence-electron chi connectivity index (χ2n) is 5.70. The molecule has 0 saturated carbocycles. The van der Waals surface area contributed by atoms with E-state index in [2.05, 4.69) is 10.6 Å². The average molecular weight is 453 g/mol. The van der Waals surface area contributed by atoms with Gasteiger partial charge in [-0.25, -0.2) is 0 Å². The van der Waals surface area contributed by atoms with E-state index in [4.69, 9.17) is 0 Å². The second kappa shape index (κ2) is 13.1. The van der Waals surface area contributed by atoms with Crippen LogP contribution in [0.1, 0.15) is 13.8 Å². The molecule has 0 aromatic heterocycles. The van der Waals surface area contributed by atoms with Crippen molar-refractivity contribution in [2.75, 3.05) is 33.6 Å². The van der Waals surface area contributed by atoms with Gasteiger partial charge >= 0.3 is 0 Å². The predicted molar refractivity (Wildman–Crippen MR) is 128 cm³/mol. The van der Waals surface area contributed by atoms with Gasteiger partial charge in [0.1, 0.15) is 0 Å². The maximum absolute atomic E-state index is 11.3. The van der Waals surface area contributed by atoms with Crippen LogP contribution in [0.4, 0.5) is 11.4 Å². The third-order valence-corrected chi connectivity index (χ3v) is 8.40. The molecular weight excluding hydrogens is 429 g/mol. The molecule has 0 unspecified atom stereocenters. The molecule has 0 radical (unpaired) electrons. The van der Waals surface area contributed by atoms with Crippen LogP contribution in [0.2, 0.25) is 0 Å². The number of para-hydroxylation sites is 2. The molecule has 0 atom stereocenters. The monoisotopic (exact) mass is 452 g/mol. The first-order chi connectivity index (χ1) is 13.6. The molecule has 28 heavy (non-hydrogen) atoms. The molecule has 2 amide bonds. The van der Waals surface area contributed by atoms with Crippen molar-refractivity contribution in [3.63, 3.8) is 0 Å². The summed E-state index contributed by atoms with van der Waals surface area (Å²) in [7, 11) is 3.74. The maximum atomic E-state index is 11.3. The van der Waals surface area contributed by atoms with Crippen LogP contribution in [0.25, 0.3) is 0 Å². The molecule has 150 valence electrons. The van der Waals surface area contributed by atoms with Crippen molar-refractivity contribution in [2.24, 2.45) is 0 Å². The molecule has 4 nitrogen and oxygen atoms in total. The molecule has 0 heterocycles. The summed E-state index contributed by atoms with van der Waals surface area (Å²) in [6, 6.07) is 15.8. The molecule has 0 saturated heterocycles. The van der Waals surface area contributed by atoms with E-state index in [0.717, 1.165) is 44.2 Å². The van der Waals surface area contributed by atoms with Gasteiger partial charge in [-0.3, -0.25) is 9.59 Å². The standard InChI is InChI=1S/C20H24N2O2S4/c1-15(23)21-17-7-3-5-9-19(17)25-11-13-27-28-14-12-26-20-10-6-4-8-18(20)22-16(2)24/h3-10H,11-14H2,1-2H3,(H,21,23)(H,22,24). The highest BCUT2D eigenvalue weighted by molar-refractivity contribution is 8.76. The molecule has 2 aromatic carbocycles. The molecule has 0 bridgehead atoms. The van der Waals surface area contributed by atoms with Gasteiger partial charge < -0.3 is 10.6 Å². The van der Waals surface area contributed by atoms with E-state index in [9.17, 15) is 9.59 Å². The van der Waals surface area contributed by atoms with E-state index < -0.39 is 0 Å². The zero-order valence-electron chi connectivity index (χ0n) is 15.9. The van der Waals surface area contributed by atoms with Gasteiger partial charge in [-0.2, -0.15) is 0 Å². The number of nitrogens with one attached hydrogen (secondary N) is 2. The Morgan fingerprint density at radius 2 is 1.07 bits per heavy atom. The van der Waals surface area contributed by atoms with Gasteiger partial charge in [-0.15, -0.1) is 23.5 Å². The fourth-order valence-corrected chi connectivity index (χ4v) is 6.98. The Balaban J connectivity index is 1.62. The Hall–Kier alpha value is -1.22. The van der Waals surface area contributed by atoms with Crippen molar-refractivity contribution in [3.8, 4) is 0 Å². The summed E-state index contributed by atoms with van der Waals surface area (Å²) < 4.78 is 0. The maximum Gasteiger partial charge on any atom is 0.221 e. The number of amides is 2. The quantitative estimate of drug-likeness (QED) is 0.253. The highest BCUT2D eigenvalue weighted by atomic mass is 33.1. The van der Waals surface area contributed by atoms with Gasteiger partial charge in [0.05, 0.1) is 11.4 Å². The van der Waals surface area contributed by atoms with Crippen molar-refractivity contribution in [2.45, 2.75) is 23.6 Å². The van der Waals surface area contributed by atoms with Crippen LogP contribution in [0.15, 0.2) is 58.3 Å². The molecular formula is C20H24N2O2S4. The predicted octanol–water partition coefficient (Wildman–Crippen LogP) is 5.87. The van der Waals surface area contributed by atoms with Crippen molar-refractivity contribution in [3.05, 3.63) is 48.5 Å². The SMILES string of the molecule is CC(=O)Nc1ccccc1SCCSSCCSc1ccccc1NC(C)=O. The van der Waals surface area contributed by atoms with Crippen molar-refractivity contribution < 1.29 is 9.59 Å². The van der Waals surface area contributed by atoms with E-state index in [1.165, 1.54) is 13.8 Å². The number of hydrogen-bond donors (Lipinski definition) is 2. The Kier molecular flexibility index (Phi) is 10.8. The van der Waals surface area contributed by atoms with Crippen LogP contribution in [-0.2, 0) is 9.59 Å². The number of benzene rings is 2. The Bertz CT molecular complexity index is 721. The first-order valence-corrected chi connectivity index (χ1v) is 13.3. The van der Waals surface area contributed by atoms with Gasteiger partial charge in [-0.05, 0) is 24.3 Å². The lowest BCUT2D eigenvalue weighted by Gasteiger charge is -2.09. The van der Waals surface area contributed by atoms with Gasteiger partial charge in [0.2, 0.25) is 11.8 Å². The third-order valence-electron chi connectivity index (χ3n) is 3.33. The number of carbonyl (C=O) groups excluding carboxylic acids is 2. The van der Waals surface area contributed by atoms with E-state index in [1.54, 1.807) is 23.5 Å². The number of anilines is 2. The normalized spacial score (nSPS) is 10.5. The summed E-state index contributed by atoms with van der Waals surface area (Å²) in [4.78, 5) is 24.7. The fraction of sp³-hybridized carbons (Fsp3) is 0.300. The molecule has 2 aromatic rings. The van der Waals surface area contributed by atoms with E-state index in [-0.39, 0.29) is 11.8 Å². The lowest BCUT2D eigenvalue weighted by Crippen LogP contribution is -2.06. The lowest BCUT2D eigenvalue weighted by molar-refractivity contribution is -0.115. The van der Waals surface area contributed by atoms with E-state index in [1.807, 2.05) is 70.1 Å². The van der Waals surface area contributed by atoms with Crippen molar-refractivity contribution in [1.29, 1.82) is 0 Å². The molecule has 0 fully saturated rings. The smallest absolute Gasteiger partial charge is 0.221 e. The highest BCUT2D eigenvalue weighted by Gasteiger charge is 2.05. The number of thioether (sulfide) groups is 2. The molecule has 0 aliphatic rings. The van der Waals surface area contributed by atoms with Crippen molar-refractivity contribution >= 4 is 68.3 Å². The van der Waals surface area contributed by atoms with Crippen molar-refractivity contribution in [1.82, 2.24) is 0 Å². The lowest BCUT2D eigenvalue weighted by atomic mass is 10.3. The van der Waals surface area contributed by atoms with Gasteiger partial charge in [-0.1, -0.05) is 45.9 Å². The first-order valence-electron chi connectivity index (χ1n) is 8.79. The van der Waals surface area contributed by atoms with Gasteiger partial charge in [0.25, 0.3) is 0 Å². The zero-order valence-corrected chi connectivity index (χ0v) is 19.2.